The summed E-state index contributed by atoms with van der Waals surface area (Å²) in [5.41, 5.74) is 2.45. The van der Waals surface area contributed by atoms with Crippen LogP contribution in [0.4, 0.5) is 5.82 Å². The second kappa shape index (κ2) is 7.04. The van der Waals surface area contributed by atoms with Crippen LogP contribution in [0.1, 0.15) is 31.0 Å². The lowest BCUT2D eigenvalue weighted by Gasteiger charge is -2.37. The third-order valence-electron chi connectivity index (χ3n) is 4.20. The summed E-state index contributed by atoms with van der Waals surface area (Å²) in [7, 11) is 4.35. The third-order valence-corrected chi connectivity index (χ3v) is 4.20. The van der Waals surface area contributed by atoms with Crippen LogP contribution < -0.4 is 10.2 Å². The zero-order chi connectivity index (χ0) is 14.5. The quantitative estimate of drug-likeness (QED) is 0.891. The van der Waals surface area contributed by atoms with Gasteiger partial charge in [-0.2, -0.15) is 0 Å². The summed E-state index contributed by atoms with van der Waals surface area (Å²) < 4.78 is 0. The molecule has 1 atom stereocenters. The minimum absolute atomic E-state index is 0.646. The fraction of sp³-hybridized carbons (Fsp3) is 0.688. The van der Waals surface area contributed by atoms with E-state index in [1.54, 1.807) is 0 Å². The van der Waals surface area contributed by atoms with Gasteiger partial charge < -0.3 is 15.1 Å². The first-order valence-corrected chi connectivity index (χ1v) is 7.70. The van der Waals surface area contributed by atoms with Crippen molar-refractivity contribution < 1.29 is 0 Å². The number of nitrogens with one attached hydrogen (secondary N) is 1. The lowest BCUT2D eigenvalue weighted by atomic mass is 10.0. The highest BCUT2D eigenvalue weighted by molar-refractivity contribution is 5.42. The van der Waals surface area contributed by atoms with Crippen molar-refractivity contribution in [2.75, 3.05) is 38.6 Å². The van der Waals surface area contributed by atoms with Gasteiger partial charge in [-0.1, -0.05) is 13.0 Å². The molecule has 0 aliphatic carbocycles. The average Bonchev–Trinajstić information content (AvgIpc) is 2.46. The molecule has 4 heteroatoms. The second-order valence-corrected chi connectivity index (χ2v) is 5.90. The van der Waals surface area contributed by atoms with Gasteiger partial charge in [-0.15, -0.1) is 0 Å². The summed E-state index contributed by atoms with van der Waals surface area (Å²) in [6.07, 6.45) is 2.55. The normalized spacial score (nSPS) is 19.6. The smallest absolute Gasteiger partial charge is 0.128 e. The van der Waals surface area contributed by atoms with Crippen molar-refractivity contribution in [1.82, 2.24) is 15.2 Å². The Labute approximate surface area is 123 Å². The molecule has 1 aliphatic heterocycles. The summed E-state index contributed by atoms with van der Waals surface area (Å²) in [5, 5.41) is 3.37. The van der Waals surface area contributed by atoms with E-state index in [4.69, 9.17) is 4.98 Å². The number of piperidine rings is 1. The van der Waals surface area contributed by atoms with Gasteiger partial charge in [0.2, 0.25) is 0 Å². The van der Waals surface area contributed by atoms with Gasteiger partial charge in [0.25, 0.3) is 0 Å². The largest absolute Gasteiger partial charge is 0.355 e. The molecule has 0 saturated carbocycles. The van der Waals surface area contributed by atoms with E-state index >= 15 is 0 Å². The number of aromatic nitrogens is 1. The Morgan fingerprint density at radius 2 is 2.20 bits per heavy atom. The van der Waals surface area contributed by atoms with E-state index in [2.05, 4.69) is 55.2 Å². The zero-order valence-corrected chi connectivity index (χ0v) is 13.3. The lowest BCUT2D eigenvalue weighted by Crippen LogP contribution is -2.45. The Morgan fingerprint density at radius 3 is 2.85 bits per heavy atom. The molecule has 112 valence electrons. The van der Waals surface area contributed by atoms with Crippen LogP contribution in [-0.2, 0) is 6.54 Å². The first-order valence-electron chi connectivity index (χ1n) is 7.70. The molecule has 0 amide bonds. The van der Waals surface area contributed by atoms with Gasteiger partial charge in [0, 0.05) is 31.4 Å². The Morgan fingerprint density at radius 1 is 1.40 bits per heavy atom. The van der Waals surface area contributed by atoms with Crippen molar-refractivity contribution in [3.05, 3.63) is 23.4 Å². The number of hydrogen-bond acceptors (Lipinski definition) is 4. The number of likely N-dealkylation sites (N-methyl/N-ethyl adjacent to an activating group) is 1. The maximum atomic E-state index is 4.81. The first-order chi connectivity index (χ1) is 9.61. The van der Waals surface area contributed by atoms with Crippen LogP contribution in [0.2, 0.25) is 0 Å². The molecule has 0 radical (unpaired) electrons. The average molecular weight is 276 g/mol. The third kappa shape index (κ3) is 3.70. The standard InChI is InChI=1S/C16H28N4/c1-5-17-11-14-8-9-16(18-13(14)2)20-10-6-7-15(12-20)19(3)4/h8-9,15,17H,5-7,10-12H2,1-4H3. The zero-order valence-electron chi connectivity index (χ0n) is 13.3. The monoisotopic (exact) mass is 276 g/mol. The fourth-order valence-electron chi connectivity index (χ4n) is 2.78. The van der Waals surface area contributed by atoms with Crippen molar-refractivity contribution in [3.63, 3.8) is 0 Å². The van der Waals surface area contributed by atoms with E-state index in [1.807, 2.05) is 0 Å². The van der Waals surface area contributed by atoms with E-state index in [1.165, 1.54) is 18.4 Å². The summed E-state index contributed by atoms with van der Waals surface area (Å²) in [5.74, 6) is 1.13. The maximum absolute atomic E-state index is 4.81. The Kier molecular flexibility index (Phi) is 5.38. The van der Waals surface area contributed by atoms with Crippen LogP contribution in [-0.4, -0.2) is 49.7 Å². The van der Waals surface area contributed by atoms with Gasteiger partial charge >= 0.3 is 0 Å². The van der Waals surface area contributed by atoms with Crippen LogP contribution in [0.25, 0.3) is 0 Å². The highest BCUT2D eigenvalue weighted by atomic mass is 15.2. The second-order valence-electron chi connectivity index (χ2n) is 5.90. The van der Waals surface area contributed by atoms with Gasteiger partial charge in [0.1, 0.15) is 5.82 Å². The molecule has 0 spiro atoms. The molecule has 0 aromatic carbocycles. The molecule has 0 bridgehead atoms. The Balaban J connectivity index is 2.07. The van der Waals surface area contributed by atoms with Crippen LogP contribution in [0.5, 0.6) is 0 Å². The molecule has 1 fully saturated rings. The minimum atomic E-state index is 0.646. The molecule has 1 saturated heterocycles. The number of rotatable bonds is 5. The molecule has 1 N–H and O–H groups in total. The molecular weight excluding hydrogens is 248 g/mol. The Hall–Kier alpha value is -1.13. The molecular formula is C16H28N4. The summed E-state index contributed by atoms with van der Waals surface area (Å²) in [6, 6.07) is 5.05. The van der Waals surface area contributed by atoms with Crippen molar-refractivity contribution in [2.24, 2.45) is 0 Å². The predicted octanol–water partition coefficient (Wildman–Crippen LogP) is 2.03. The summed E-state index contributed by atoms with van der Waals surface area (Å²) in [6.45, 7) is 8.37. The highest BCUT2D eigenvalue weighted by Gasteiger charge is 2.22. The topological polar surface area (TPSA) is 31.4 Å². The van der Waals surface area contributed by atoms with Crippen LogP contribution in [0.15, 0.2) is 12.1 Å². The first kappa shape index (κ1) is 15.3. The van der Waals surface area contributed by atoms with Gasteiger partial charge in [0.05, 0.1) is 0 Å². The van der Waals surface area contributed by atoms with E-state index in [9.17, 15) is 0 Å². The Bertz CT molecular complexity index is 430. The van der Waals surface area contributed by atoms with Gasteiger partial charge in [0.15, 0.2) is 0 Å². The SMILES string of the molecule is CCNCc1ccc(N2CCCC(N(C)C)C2)nc1C. The molecule has 2 heterocycles. The molecule has 1 unspecified atom stereocenters. The molecule has 2 rings (SSSR count). The number of aryl methyl sites for hydroxylation is 1. The molecule has 1 aliphatic rings. The van der Waals surface area contributed by atoms with Crippen LogP contribution in [0.3, 0.4) is 0 Å². The summed E-state index contributed by atoms with van der Waals surface area (Å²) >= 11 is 0. The predicted molar refractivity (Wildman–Crippen MR) is 85.3 cm³/mol. The molecule has 1 aromatic rings. The number of pyridine rings is 1. The number of anilines is 1. The van der Waals surface area contributed by atoms with Crippen molar-refractivity contribution in [3.8, 4) is 0 Å². The van der Waals surface area contributed by atoms with Crippen LogP contribution in [0, 0.1) is 6.92 Å². The van der Waals surface area contributed by atoms with Crippen molar-refractivity contribution in [1.29, 1.82) is 0 Å². The van der Waals surface area contributed by atoms with E-state index in [0.29, 0.717) is 6.04 Å². The maximum Gasteiger partial charge on any atom is 0.128 e. The van der Waals surface area contributed by atoms with Gasteiger partial charge in [-0.25, -0.2) is 4.98 Å². The highest BCUT2D eigenvalue weighted by Crippen LogP contribution is 2.21. The van der Waals surface area contributed by atoms with Crippen molar-refractivity contribution in [2.45, 2.75) is 39.3 Å². The van der Waals surface area contributed by atoms with E-state index < -0.39 is 0 Å². The van der Waals surface area contributed by atoms with Crippen LogP contribution >= 0.6 is 0 Å². The lowest BCUT2D eigenvalue weighted by molar-refractivity contribution is 0.257. The summed E-state index contributed by atoms with van der Waals surface area (Å²) in [4.78, 5) is 9.57. The molecule has 1 aromatic heterocycles. The molecule has 20 heavy (non-hydrogen) atoms. The molecule has 4 nitrogen and oxygen atoms in total. The van der Waals surface area contributed by atoms with Crippen molar-refractivity contribution >= 4 is 5.82 Å². The fourth-order valence-corrected chi connectivity index (χ4v) is 2.78. The number of nitrogens with zero attached hydrogens (tertiary/aromatic N) is 3. The number of hydrogen-bond donors (Lipinski definition) is 1. The van der Waals surface area contributed by atoms with E-state index in [0.717, 1.165) is 37.7 Å². The van der Waals surface area contributed by atoms with Gasteiger partial charge in [-0.3, -0.25) is 0 Å². The minimum Gasteiger partial charge on any atom is -0.355 e. The van der Waals surface area contributed by atoms with Gasteiger partial charge in [-0.05, 0) is 52.0 Å². The van der Waals surface area contributed by atoms with E-state index in [-0.39, 0.29) is 0 Å².